The van der Waals surface area contributed by atoms with E-state index in [4.69, 9.17) is 10.8 Å². The number of carbonyl (C=O) groups is 2. The van der Waals surface area contributed by atoms with Crippen molar-refractivity contribution >= 4 is 23.7 Å². The van der Waals surface area contributed by atoms with Gasteiger partial charge in [0.15, 0.2) is 0 Å². The van der Waals surface area contributed by atoms with E-state index in [0.29, 0.717) is 0 Å². The van der Waals surface area contributed by atoms with Crippen molar-refractivity contribution in [1.29, 1.82) is 0 Å². The molecule has 0 aromatic rings. The first kappa shape index (κ1) is 14.2. The zero-order valence-corrected chi connectivity index (χ0v) is 9.63. The van der Waals surface area contributed by atoms with Gasteiger partial charge in [0.05, 0.1) is 13.2 Å². The zero-order valence-electron chi connectivity index (χ0n) is 8.82. The van der Waals surface area contributed by atoms with Gasteiger partial charge in [-0.3, -0.25) is 10.1 Å². The highest BCUT2D eigenvalue weighted by atomic mass is 32.2. The van der Waals surface area contributed by atoms with Gasteiger partial charge in [0.25, 0.3) is 0 Å². The van der Waals surface area contributed by atoms with Crippen LogP contribution in [0.1, 0.15) is 6.92 Å². The Balaban J connectivity index is 3.83. The van der Waals surface area contributed by atoms with Gasteiger partial charge in [0.1, 0.15) is 0 Å². The van der Waals surface area contributed by atoms with Crippen molar-refractivity contribution in [3.8, 4) is 0 Å². The molecule has 0 rings (SSSR count). The standard InChI is InChI=1S/C8H17N3O3S/c1-5(6(4-12)15-2)10-3-7(13)11-8(9)14/h5-6,10,12H,3-4H2,1-2H3,(H3,9,11,13,14). The molecule has 0 aliphatic rings. The normalized spacial score (nSPS) is 14.3. The summed E-state index contributed by atoms with van der Waals surface area (Å²) < 4.78 is 0. The van der Waals surface area contributed by atoms with E-state index in [1.54, 1.807) is 0 Å². The Morgan fingerprint density at radius 1 is 1.53 bits per heavy atom. The molecule has 2 atom stereocenters. The van der Waals surface area contributed by atoms with Crippen LogP contribution in [-0.2, 0) is 4.79 Å². The summed E-state index contributed by atoms with van der Waals surface area (Å²) in [5.41, 5.74) is 4.77. The highest BCUT2D eigenvalue weighted by molar-refractivity contribution is 7.99. The summed E-state index contributed by atoms with van der Waals surface area (Å²) in [6.45, 7) is 1.89. The third-order valence-electron chi connectivity index (χ3n) is 1.89. The van der Waals surface area contributed by atoms with Gasteiger partial charge in [-0.05, 0) is 13.2 Å². The molecule has 0 aromatic heterocycles. The molecule has 0 heterocycles. The Kier molecular flexibility index (Phi) is 7.10. The van der Waals surface area contributed by atoms with Crippen LogP contribution in [0.4, 0.5) is 4.79 Å². The van der Waals surface area contributed by atoms with E-state index in [1.165, 1.54) is 11.8 Å². The summed E-state index contributed by atoms with van der Waals surface area (Å²) in [5.74, 6) is -0.479. The van der Waals surface area contributed by atoms with Crippen LogP contribution in [-0.4, -0.2) is 47.7 Å². The maximum absolute atomic E-state index is 11.0. The van der Waals surface area contributed by atoms with Crippen LogP contribution in [0.25, 0.3) is 0 Å². The fraction of sp³-hybridized carbons (Fsp3) is 0.750. The van der Waals surface area contributed by atoms with Gasteiger partial charge in [-0.15, -0.1) is 0 Å². The molecule has 0 fully saturated rings. The van der Waals surface area contributed by atoms with Crippen molar-refractivity contribution in [2.24, 2.45) is 5.73 Å². The number of aliphatic hydroxyl groups is 1. The highest BCUT2D eigenvalue weighted by Crippen LogP contribution is 2.09. The monoisotopic (exact) mass is 235 g/mol. The molecule has 7 heteroatoms. The second-order valence-corrected chi connectivity index (χ2v) is 4.12. The van der Waals surface area contributed by atoms with Crippen molar-refractivity contribution in [3.63, 3.8) is 0 Å². The van der Waals surface area contributed by atoms with Gasteiger partial charge in [-0.2, -0.15) is 11.8 Å². The molecule has 0 aliphatic heterocycles. The van der Waals surface area contributed by atoms with Crippen molar-refractivity contribution < 1.29 is 14.7 Å². The topological polar surface area (TPSA) is 104 Å². The maximum atomic E-state index is 11.0. The van der Waals surface area contributed by atoms with E-state index in [9.17, 15) is 9.59 Å². The van der Waals surface area contributed by atoms with Crippen LogP contribution in [0.2, 0.25) is 0 Å². The second kappa shape index (κ2) is 7.49. The van der Waals surface area contributed by atoms with Crippen LogP contribution in [0, 0.1) is 0 Å². The molecule has 88 valence electrons. The molecular weight excluding hydrogens is 218 g/mol. The molecule has 0 bridgehead atoms. The molecule has 6 nitrogen and oxygen atoms in total. The summed E-state index contributed by atoms with van der Waals surface area (Å²) in [7, 11) is 0. The maximum Gasteiger partial charge on any atom is 0.318 e. The summed E-state index contributed by atoms with van der Waals surface area (Å²) in [6, 6.07) is -0.887. The molecule has 0 aliphatic carbocycles. The Morgan fingerprint density at radius 2 is 2.13 bits per heavy atom. The Bertz CT molecular complexity index is 221. The number of nitrogens with two attached hydrogens (primary N) is 1. The van der Waals surface area contributed by atoms with E-state index >= 15 is 0 Å². The Hall–Kier alpha value is -0.790. The van der Waals surface area contributed by atoms with Crippen molar-refractivity contribution in [2.45, 2.75) is 18.2 Å². The quantitative estimate of drug-likeness (QED) is 0.467. The van der Waals surface area contributed by atoms with Gasteiger partial charge in [-0.1, -0.05) is 0 Å². The second-order valence-electron chi connectivity index (χ2n) is 3.04. The number of nitrogens with one attached hydrogen (secondary N) is 2. The lowest BCUT2D eigenvalue weighted by Gasteiger charge is -2.20. The molecule has 0 spiro atoms. The molecule has 2 unspecified atom stereocenters. The number of thioether (sulfide) groups is 1. The smallest absolute Gasteiger partial charge is 0.318 e. The van der Waals surface area contributed by atoms with Crippen molar-refractivity contribution in [3.05, 3.63) is 0 Å². The van der Waals surface area contributed by atoms with Crippen molar-refractivity contribution in [1.82, 2.24) is 10.6 Å². The summed E-state index contributed by atoms with van der Waals surface area (Å²) in [5, 5.41) is 13.8. The molecule has 0 aromatic carbocycles. The fourth-order valence-corrected chi connectivity index (χ4v) is 1.66. The predicted molar refractivity (Wildman–Crippen MR) is 59.6 cm³/mol. The number of amides is 3. The van der Waals surface area contributed by atoms with E-state index in [1.807, 2.05) is 18.5 Å². The third kappa shape index (κ3) is 6.32. The summed E-state index contributed by atoms with van der Waals surface area (Å²) in [6.07, 6.45) is 1.88. The fourth-order valence-electron chi connectivity index (χ4n) is 1.00. The average molecular weight is 235 g/mol. The van der Waals surface area contributed by atoms with Gasteiger partial charge >= 0.3 is 6.03 Å². The molecule has 0 saturated carbocycles. The van der Waals surface area contributed by atoms with Crippen LogP contribution in [0.3, 0.4) is 0 Å². The number of carbonyl (C=O) groups excluding carboxylic acids is 2. The molecular formula is C8H17N3O3S. The lowest BCUT2D eigenvalue weighted by molar-refractivity contribution is -0.119. The number of primary amides is 1. The zero-order chi connectivity index (χ0) is 11.8. The summed E-state index contributed by atoms with van der Waals surface area (Å²) >= 11 is 1.51. The molecule has 5 N–H and O–H groups in total. The Labute approximate surface area is 93.0 Å². The van der Waals surface area contributed by atoms with Crippen molar-refractivity contribution in [2.75, 3.05) is 19.4 Å². The van der Waals surface area contributed by atoms with Crippen LogP contribution < -0.4 is 16.4 Å². The minimum atomic E-state index is -0.863. The highest BCUT2D eigenvalue weighted by Gasteiger charge is 2.15. The van der Waals surface area contributed by atoms with Gasteiger partial charge in [0, 0.05) is 11.3 Å². The Morgan fingerprint density at radius 3 is 2.53 bits per heavy atom. The average Bonchev–Trinajstić information content (AvgIpc) is 2.15. The van der Waals surface area contributed by atoms with Crippen LogP contribution in [0.5, 0.6) is 0 Å². The number of aliphatic hydroxyl groups excluding tert-OH is 1. The van der Waals surface area contributed by atoms with Gasteiger partial charge in [-0.25, -0.2) is 4.79 Å². The van der Waals surface area contributed by atoms with E-state index in [0.717, 1.165) is 0 Å². The predicted octanol–water partition coefficient (Wildman–Crippen LogP) is -1.12. The first-order chi connectivity index (χ1) is 7.01. The van der Waals surface area contributed by atoms with Gasteiger partial charge < -0.3 is 16.2 Å². The van der Waals surface area contributed by atoms with Gasteiger partial charge in [0.2, 0.25) is 5.91 Å². The van der Waals surface area contributed by atoms with Crippen LogP contribution in [0.15, 0.2) is 0 Å². The lowest BCUT2D eigenvalue weighted by atomic mass is 10.2. The third-order valence-corrected chi connectivity index (χ3v) is 3.05. The first-order valence-electron chi connectivity index (χ1n) is 4.47. The van der Waals surface area contributed by atoms with E-state index in [-0.39, 0.29) is 24.4 Å². The summed E-state index contributed by atoms with van der Waals surface area (Å²) in [4.78, 5) is 21.3. The van der Waals surface area contributed by atoms with Crippen LogP contribution >= 0.6 is 11.8 Å². The molecule has 15 heavy (non-hydrogen) atoms. The molecule has 0 saturated heterocycles. The number of urea groups is 1. The van der Waals surface area contributed by atoms with E-state index < -0.39 is 11.9 Å². The number of hydrogen-bond donors (Lipinski definition) is 4. The lowest BCUT2D eigenvalue weighted by Crippen LogP contribution is -2.45. The number of imide groups is 1. The minimum Gasteiger partial charge on any atom is -0.395 e. The largest absolute Gasteiger partial charge is 0.395 e. The number of hydrogen-bond acceptors (Lipinski definition) is 5. The first-order valence-corrected chi connectivity index (χ1v) is 5.76. The molecule has 3 amide bonds. The number of rotatable bonds is 6. The SMILES string of the molecule is CSC(CO)C(C)NCC(=O)NC(N)=O. The van der Waals surface area contributed by atoms with E-state index in [2.05, 4.69) is 5.32 Å². The minimum absolute atomic E-state index is 0.00116. The molecule has 0 radical (unpaired) electrons.